The van der Waals surface area contributed by atoms with Crippen molar-refractivity contribution >= 4 is 17.8 Å². The Morgan fingerprint density at radius 2 is 1.81 bits per heavy atom. The molecule has 0 aliphatic rings. The molecular formula is C18H20N2O. The number of pyridine rings is 1. The zero-order valence-corrected chi connectivity index (χ0v) is 12.6. The Kier molecular flexibility index (Phi) is 4.53. The van der Waals surface area contributed by atoms with Crippen LogP contribution in [-0.4, -0.2) is 10.9 Å². The van der Waals surface area contributed by atoms with E-state index in [1.165, 1.54) is 11.6 Å². The summed E-state index contributed by atoms with van der Waals surface area (Å²) in [7, 11) is 0. The summed E-state index contributed by atoms with van der Waals surface area (Å²) in [6, 6.07) is 13.6. The minimum absolute atomic E-state index is 0.137. The molecule has 0 atom stereocenters. The molecule has 108 valence electrons. The van der Waals surface area contributed by atoms with Crippen molar-refractivity contribution in [2.45, 2.75) is 26.2 Å². The predicted octanol–water partition coefficient (Wildman–Crippen LogP) is 4.03. The van der Waals surface area contributed by atoms with Gasteiger partial charge in [0.25, 0.3) is 0 Å². The summed E-state index contributed by atoms with van der Waals surface area (Å²) in [6.07, 6.45) is 4.95. The molecule has 1 amide bonds. The summed E-state index contributed by atoms with van der Waals surface area (Å²) in [5, 5.41) is 2.71. The van der Waals surface area contributed by atoms with Crippen LogP contribution < -0.4 is 5.32 Å². The van der Waals surface area contributed by atoms with Gasteiger partial charge in [-0.1, -0.05) is 51.1 Å². The second-order valence-corrected chi connectivity index (χ2v) is 5.91. The van der Waals surface area contributed by atoms with E-state index in [1.54, 1.807) is 18.3 Å². The number of carbonyl (C=O) groups excluding carboxylic acids is 1. The number of nitrogens with zero attached hydrogens (tertiary/aromatic N) is 1. The maximum Gasteiger partial charge on any atom is 0.249 e. The van der Waals surface area contributed by atoms with Crippen molar-refractivity contribution in [3.8, 4) is 0 Å². The van der Waals surface area contributed by atoms with Crippen molar-refractivity contribution in [1.82, 2.24) is 4.98 Å². The lowest BCUT2D eigenvalue weighted by Gasteiger charge is -2.18. The topological polar surface area (TPSA) is 42.0 Å². The monoisotopic (exact) mass is 280 g/mol. The molecule has 2 aromatic rings. The number of hydrogen-bond acceptors (Lipinski definition) is 2. The predicted molar refractivity (Wildman–Crippen MR) is 87.0 cm³/mol. The molecular weight excluding hydrogens is 260 g/mol. The molecule has 0 radical (unpaired) electrons. The Morgan fingerprint density at radius 1 is 1.10 bits per heavy atom. The van der Waals surface area contributed by atoms with Gasteiger partial charge in [-0.15, -0.1) is 0 Å². The number of benzene rings is 1. The second-order valence-electron chi connectivity index (χ2n) is 5.91. The van der Waals surface area contributed by atoms with Crippen LogP contribution in [0.3, 0.4) is 0 Å². The third-order valence-electron chi connectivity index (χ3n) is 3.12. The average molecular weight is 280 g/mol. The summed E-state index contributed by atoms with van der Waals surface area (Å²) >= 11 is 0. The quantitative estimate of drug-likeness (QED) is 0.862. The summed E-state index contributed by atoms with van der Waals surface area (Å²) in [4.78, 5) is 15.8. The van der Waals surface area contributed by atoms with E-state index in [0.717, 1.165) is 5.56 Å². The molecule has 21 heavy (non-hydrogen) atoms. The number of rotatable bonds is 3. The normalized spacial score (nSPS) is 11.6. The minimum Gasteiger partial charge on any atom is -0.307 e. The molecule has 0 saturated heterocycles. The van der Waals surface area contributed by atoms with Crippen molar-refractivity contribution in [3.63, 3.8) is 0 Å². The SMILES string of the molecule is CC(C)(C)c1ccc(C=CC(=O)Nc2ccccn2)cc1. The van der Waals surface area contributed by atoms with E-state index < -0.39 is 0 Å². The van der Waals surface area contributed by atoms with Crippen LogP contribution in [0.1, 0.15) is 31.9 Å². The van der Waals surface area contributed by atoms with E-state index >= 15 is 0 Å². The molecule has 0 fully saturated rings. The van der Waals surface area contributed by atoms with E-state index in [0.29, 0.717) is 5.82 Å². The number of nitrogens with one attached hydrogen (secondary N) is 1. The number of carbonyl (C=O) groups is 1. The van der Waals surface area contributed by atoms with Crippen LogP contribution in [0.25, 0.3) is 6.08 Å². The number of anilines is 1. The Labute approximate surface area is 125 Å². The lowest BCUT2D eigenvalue weighted by Crippen LogP contribution is -2.10. The van der Waals surface area contributed by atoms with Gasteiger partial charge in [-0.2, -0.15) is 0 Å². The second kappa shape index (κ2) is 6.35. The zero-order valence-electron chi connectivity index (χ0n) is 12.6. The molecule has 1 aromatic carbocycles. The van der Waals surface area contributed by atoms with Gasteiger partial charge in [0.1, 0.15) is 5.82 Å². The van der Waals surface area contributed by atoms with E-state index in [-0.39, 0.29) is 11.3 Å². The third-order valence-corrected chi connectivity index (χ3v) is 3.12. The largest absolute Gasteiger partial charge is 0.307 e. The molecule has 0 spiro atoms. The fourth-order valence-corrected chi connectivity index (χ4v) is 1.87. The Morgan fingerprint density at radius 3 is 2.38 bits per heavy atom. The van der Waals surface area contributed by atoms with Crippen molar-refractivity contribution in [2.75, 3.05) is 5.32 Å². The highest BCUT2D eigenvalue weighted by atomic mass is 16.1. The smallest absolute Gasteiger partial charge is 0.249 e. The Balaban J connectivity index is 1.99. The molecule has 1 heterocycles. The van der Waals surface area contributed by atoms with Crippen LogP contribution in [0.2, 0.25) is 0 Å². The highest BCUT2D eigenvalue weighted by Gasteiger charge is 2.12. The molecule has 0 bridgehead atoms. The molecule has 1 N–H and O–H groups in total. The van der Waals surface area contributed by atoms with E-state index in [2.05, 4.69) is 43.2 Å². The van der Waals surface area contributed by atoms with Crippen LogP contribution in [0.15, 0.2) is 54.7 Å². The minimum atomic E-state index is -0.186. The van der Waals surface area contributed by atoms with Gasteiger partial charge < -0.3 is 5.32 Å². The van der Waals surface area contributed by atoms with Gasteiger partial charge in [-0.25, -0.2) is 4.98 Å². The lowest BCUT2D eigenvalue weighted by atomic mass is 9.87. The first-order chi connectivity index (χ1) is 9.95. The highest BCUT2D eigenvalue weighted by molar-refractivity contribution is 6.01. The maximum atomic E-state index is 11.8. The highest BCUT2D eigenvalue weighted by Crippen LogP contribution is 2.22. The summed E-state index contributed by atoms with van der Waals surface area (Å²) < 4.78 is 0. The van der Waals surface area contributed by atoms with E-state index in [9.17, 15) is 4.79 Å². The lowest BCUT2D eigenvalue weighted by molar-refractivity contribution is -0.111. The molecule has 2 rings (SSSR count). The first kappa shape index (κ1) is 15.0. The first-order valence-corrected chi connectivity index (χ1v) is 6.96. The van der Waals surface area contributed by atoms with Gasteiger partial charge in [0.15, 0.2) is 0 Å². The average Bonchev–Trinajstić information content (AvgIpc) is 2.46. The molecule has 1 aromatic heterocycles. The van der Waals surface area contributed by atoms with Crippen molar-refractivity contribution in [3.05, 3.63) is 65.9 Å². The van der Waals surface area contributed by atoms with Gasteiger partial charge in [0, 0.05) is 12.3 Å². The Hall–Kier alpha value is -2.42. The number of aromatic nitrogens is 1. The summed E-state index contributed by atoms with van der Waals surface area (Å²) in [5.74, 6) is 0.365. The Bertz CT molecular complexity index is 623. The van der Waals surface area contributed by atoms with Crippen LogP contribution in [0.5, 0.6) is 0 Å². The molecule has 0 saturated carbocycles. The summed E-state index contributed by atoms with van der Waals surface area (Å²) in [6.45, 7) is 6.54. The van der Waals surface area contributed by atoms with Crippen molar-refractivity contribution in [2.24, 2.45) is 0 Å². The van der Waals surface area contributed by atoms with Gasteiger partial charge in [0.05, 0.1) is 0 Å². The maximum absolute atomic E-state index is 11.8. The molecule has 0 aliphatic carbocycles. The summed E-state index contributed by atoms with van der Waals surface area (Å²) in [5.41, 5.74) is 2.41. The molecule has 0 unspecified atom stereocenters. The fraction of sp³-hybridized carbons (Fsp3) is 0.222. The van der Waals surface area contributed by atoms with Crippen molar-refractivity contribution in [1.29, 1.82) is 0 Å². The third kappa shape index (κ3) is 4.56. The van der Waals surface area contributed by atoms with E-state index in [1.807, 2.05) is 24.3 Å². The van der Waals surface area contributed by atoms with Crippen LogP contribution in [0.4, 0.5) is 5.82 Å². The molecule has 0 aliphatic heterocycles. The first-order valence-electron chi connectivity index (χ1n) is 6.96. The van der Waals surface area contributed by atoms with Crippen LogP contribution in [0, 0.1) is 0 Å². The van der Waals surface area contributed by atoms with Crippen molar-refractivity contribution < 1.29 is 4.79 Å². The number of hydrogen-bond donors (Lipinski definition) is 1. The van der Waals surface area contributed by atoms with Gasteiger partial charge in [-0.05, 0) is 34.8 Å². The molecule has 3 nitrogen and oxygen atoms in total. The zero-order chi connectivity index (χ0) is 15.3. The standard InChI is InChI=1S/C18H20N2O/c1-18(2,3)15-10-7-14(8-11-15)9-12-17(21)20-16-6-4-5-13-19-16/h4-13H,1-3H3,(H,19,20,21). The van der Waals surface area contributed by atoms with Gasteiger partial charge in [0.2, 0.25) is 5.91 Å². The molecule has 3 heteroatoms. The van der Waals surface area contributed by atoms with Crippen LogP contribution in [-0.2, 0) is 10.2 Å². The fourth-order valence-electron chi connectivity index (χ4n) is 1.87. The number of amides is 1. The van der Waals surface area contributed by atoms with Gasteiger partial charge >= 0.3 is 0 Å². The van der Waals surface area contributed by atoms with Gasteiger partial charge in [-0.3, -0.25) is 4.79 Å². The van der Waals surface area contributed by atoms with E-state index in [4.69, 9.17) is 0 Å². The van der Waals surface area contributed by atoms with Crippen LogP contribution >= 0.6 is 0 Å².